The molecule has 0 saturated carbocycles. The molecule has 1 aromatic carbocycles. The van der Waals surface area contributed by atoms with Crippen LogP contribution in [0, 0.1) is 6.92 Å². The number of carbonyl (C=O) groups is 1. The van der Waals surface area contributed by atoms with Crippen molar-refractivity contribution in [2.24, 2.45) is 0 Å². The molecule has 0 aliphatic carbocycles. The first kappa shape index (κ1) is 18.4. The molecule has 0 atom stereocenters. The fourth-order valence-corrected chi connectivity index (χ4v) is 2.64. The molecule has 0 fully saturated rings. The quantitative estimate of drug-likeness (QED) is 0.551. The summed E-state index contributed by atoms with van der Waals surface area (Å²) < 4.78 is 7.06. The average molecular weight is 349 g/mol. The van der Waals surface area contributed by atoms with E-state index < -0.39 is 0 Å². The minimum absolute atomic E-state index is 0.0389. The zero-order chi connectivity index (χ0) is 17.4. The van der Waals surface area contributed by atoms with Gasteiger partial charge >= 0.3 is 0 Å². The van der Waals surface area contributed by atoms with E-state index in [4.69, 9.17) is 4.74 Å². The molecule has 1 heterocycles. The van der Waals surface area contributed by atoms with Gasteiger partial charge in [-0.25, -0.2) is 0 Å². The van der Waals surface area contributed by atoms with Gasteiger partial charge in [0, 0.05) is 13.2 Å². The molecule has 1 amide bonds. The van der Waals surface area contributed by atoms with Crippen LogP contribution in [0.2, 0.25) is 0 Å². The Morgan fingerprint density at radius 1 is 1.33 bits per heavy atom. The second kappa shape index (κ2) is 9.39. The van der Waals surface area contributed by atoms with Gasteiger partial charge in [0.15, 0.2) is 0 Å². The van der Waals surface area contributed by atoms with Crippen LogP contribution in [0.15, 0.2) is 29.4 Å². The fourth-order valence-electron chi connectivity index (χ4n) is 1.92. The van der Waals surface area contributed by atoms with Gasteiger partial charge in [-0.15, -0.1) is 5.10 Å². The Labute approximate surface area is 146 Å². The first-order valence-corrected chi connectivity index (χ1v) is 8.91. The summed E-state index contributed by atoms with van der Waals surface area (Å²) in [5, 5.41) is 15.1. The van der Waals surface area contributed by atoms with Gasteiger partial charge in [-0.1, -0.05) is 29.5 Å². The number of nitrogens with zero attached hydrogens (tertiary/aromatic N) is 4. The SMILES string of the molecule is Cc1ccc(-n2nnnc2SCC(=O)NCCCOC(C)C)cc1. The van der Waals surface area contributed by atoms with E-state index in [1.54, 1.807) is 4.68 Å². The smallest absolute Gasteiger partial charge is 0.230 e. The predicted octanol–water partition coefficient (Wildman–Crippen LogP) is 1.99. The van der Waals surface area contributed by atoms with Crippen LogP contribution in [0.4, 0.5) is 0 Å². The van der Waals surface area contributed by atoms with Gasteiger partial charge in [0.25, 0.3) is 0 Å². The molecule has 0 unspecified atom stereocenters. The van der Waals surface area contributed by atoms with Crippen LogP contribution < -0.4 is 5.32 Å². The first-order chi connectivity index (χ1) is 11.6. The molecule has 8 heteroatoms. The van der Waals surface area contributed by atoms with Crippen molar-refractivity contribution in [1.82, 2.24) is 25.5 Å². The molecule has 0 saturated heterocycles. The summed E-state index contributed by atoms with van der Waals surface area (Å²) in [5.74, 6) is 0.236. The average Bonchev–Trinajstić information content (AvgIpc) is 3.01. The minimum atomic E-state index is -0.0389. The van der Waals surface area contributed by atoms with E-state index in [1.165, 1.54) is 17.3 Å². The lowest BCUT2D eigenvalue weighted by Crippen LogP contribution is -2.27. The number of benzene rings is 1. The molecule has 0 aliphatic rings. The number of nitrogens with one attached hydrogen (secondary N) is 1. The third-order valence-electron chi connectivity index (χ3n) is 3.15. The third-order valence-corrected chi connectivity index (χ3v) is 4.07. The van der Waals surface area contributed by atoms with Crippen molar-refractivity contribution in [3.05, 3.63) is 29.8 Å². The molecule has 1 N–H and O–H groups in total. The van der Waals surface area contributed by atoms with Gasteiger partial charge in [0.2, 0.25) is 11.1 Å². The van der Waals surface area contributed by atoms with Crippen LogP contribution in [0.1, 0.15) is 25.8 Å². The van der Waals surface area contributed by atoms with Crippen LogP contribution in [0.25, 0.3) is 5.69 Å². The van der Waals surface area contributed by atoms with E-state index in [9.17, 15) is 4.79 Å². The summed E-state index contributed by atoms with van der Waals surface area (Å²) in [6.07, 6.45) is 1.02. The zero-order valence-electron chi connectivity index (χ0n) is 14.2. The number of thioether (sulfide) groups is 1. The molecule has 2 aromatic rings. The highest BCUT2D eigenvalue weighted by Crippen LogP contribution is 2.18. The van der Waals surface area contributed by atoms with E-state index in [2.05, 4.69) is 20.8 Å². The number of aromatic nitrogens is 4. The van der Waals surface area contributed by atoms with E-state index in [0.717, 1.165) is 12.1 Å². The lowest BCUT2D eigenvalue weighted by Gasteiger charge is -2.08. The van der Waals surface area contributed by atoms with Crippen LogP contribution in [0.3, 0.4) is 0 Å². The highest BCUT2D eigenvalue weighted by molar-refractivity contribution is 7.99. The summed E-state index contributed by atoms with van der Waals surface area (Å²) in [6, 6.07) is 7.89. The maximum Gasteiger partial charge on any atom is 0.230 e. The summed E-state index contributed by atoms with van der Waals surface area (Å²) >= 11 is 1.31. The lowest BCUT2D eigenvalue weighted by molar-refractivity contribution is -0.118. The number of ether oxygens (including phenoxy) is 1. The molecule has 24 heavy (non-hydrogen) atoms. The van der Waals surface area contributed by atoms with Crippen molar-refractivity contribution in [3.63, 3.8) is 0 Å². The van der Waals surface area contributed by atoms with Crippen LogP contribution in [-0.2, 0) is 9.53 Å². The number of rotatable bonds is 9. The molecule has 1 aromatic heterocycles. The number of carbonyl (C=O) groups excluding carboxylic acids is 1. The summed E-state index contributed by atoms with van der Waals surface area (Å²) in [6.45, 7) is 7.27. The van der Waals surface area contributed by atoms with Gasteiger partial charge in [0.05, 0.1) is 17.5 Å². The molecule has 0 spiro atoms. The molecule has 0 radical (unpaired) electrons. The zero-order valence-corrected chi connectivity index (χ0v) is 15.0. The molecule has 0 aliphatic heterocycles. The van der Waals surface area contributed by atoms with E-state index in [-0.39, 0.29) is 17.8 Å². The van der Waals surface area contributed by atoms with Crippen molar-refractivity contribution in [1.29, 1.82) is 0 Å². The largest absolute Gasteiger partial charge is 0.379 e. The molecule has 2 rings (SSSR count). The number of amides is 1. The second-order valence-electron chi connectivity index (χ2n) is 5.62. The van der Waals surface area contributed by atoms with Crippen molar-refractivity contribution in [2.45, 2.75) is 38.5 Å². The van der Waals surface area contributed by atoms with Crippen LogP contribution >= 0.6 is 11.8 Å². The first-order valence-electron chi connectivity index (χ1n) is 7.93. The topological polar surface area (TPSA) is 81.9 Å². The van der Waals surface area contributed by atoms with Gasteiger partial charge in [-0.3, -0.25) is 4.79 Å². The fraction of sp³-hybridized carbons (Fsp3) is 0.500. The molecule has 130 valence electrons. The number of hydrogen-bond acceptors (Lipinski definition) is 6. The Morgan fingerprint density at radius 3 is 2.79 bits per heavy atom. The number of aryl methyl sites for hydroxylation is 1. The maximum absolute atomic E-state index is 11.9. The Morgan fingerprint density at radius 2 is 2.08 bits per heavy atom. The maximum atomic E-state index is 11.9. The van der Waals surface area contributed by atoms with Crippen LogP contribution in [-0.4, -0.2) is 51.1 Å². The monoisotopic (exact) mass is 349 g/mol. The van der Waals surface area contributed by atoms with Crippen molar-refractivity contribution in [3.8, 4) is 5.69 Å². The Bertz CT molecular complexity index is 642. The van der Waals surface area contributed by atoms with Gasteiger partial charge in [-0.2, -0.15) is 4.68 Å². The molecule has 0 bridgehead atoms. The van der Waals surface area contributed by atoms with Crippen molar-refractivity contribution in [2.75, 3.05) is 18.9 Å². The molecular weight excluding hydrogens is 326 g/mol. The standard InChI is InChI=1S/C16H23N5O2S/c1-12(2)23-10-4-9-17-15(22)11-24-16-18-19-20-21(16)14-7-5-13(3)6-8-14/h5-8,12H,4,9-11H2,1-3H3,(H,17,22). The summed E-state index contributed by atoms with van der Waals surface area (Å²) in [5.41, 5.74) is 2.04. The van der Waals surface area contributed by atoms with E-state index >= 15 is 0 Å². The second-order valence-corrected chi connectivity index (χ2v) is 6.56. The highest BCUT2D eigenvalue weighted by Gasteiger charge is 2.11. The minimum Gasteiger partial charge on any atom is -0.379 e. The van der Waals surface area contributed by atoms with Crippen molar-refractivity contribution >= 4 is 17.7 Å². The van der Waals surface area contributed by atoms with Gasteiger partial charge in [0.1, 0.15) is 0 Å². The van der Waals surface area contributed by atoms with E-state index in [1.807, 2.05) is 45.0 Å². The van der Waals surface area contributed by atoms with Crippen LogP contribution in [0.5, 0.6) is 0 Å². The Hall–Kier alpha value is -1.93. The summed E-state index contributed by atoms with van der Waals surface area (Å²) in [4.78, 5) is 11.9. The Balaban J connectivity index is 1.77. The van der Waals surface area contributed by atoms with E-state index in [0.29, 0.717) is 18.3 Å². The lowest BCUT2D eigenvalue weighted by atomic mass is 10.2. The number of tetrazole rings is 1. The molecular formula is C16H23N5O2S. The predicted molar refractivity (Wildman–Crippen MR) is 93.3 cm³/mol. The normalized spacial score (nSPS) is 11.0. The summed E-state index contributed by atoms with van der Waals surface area (Å²) in [7, 11) is 0. The van der Waals surface area contributed by atoms with Gasteiger partial charge in [-0.05, 0) is 49.8 Å². The molecule has 7 nitrogen and oxygen atoms in total. The van der Waals surface area contributed by atoms with Gasteiger partial charge < -0.3 is 10.1 Å². The third kappa shape index (κ3) is 5.93. The highest BCUT2D eigenvalue weighted by atomic mass is 32.2. The van der Waals surface area contributed by atoms with Crippen molar-refractivity contribution < 1.29 is 9.53 Å². The Kier molecular flexibility index (Phi) is 7.20. The number of hydrogen-bond donors (Lipinski definition) is 1.